The van der Waals surface area contributed by atoms with Gasteiger partial charge in [0.15, 0.2) is 0 Å². The molecule has 1 nitrogen and oxygen atoms in total. The van der Waals surface area contributed by atoms with Crippen LogP contribution in [-0.2, 0) is 0 Å². The lowest BCUT2D eigenvalue weighted by atomic mass is 9.76. The maximum absolute atomic E-state index is 6.27. The normalized spacial score (nSPS) is 21.0. The van der Waals surface area contributed by atoms with Gasteiger partial charge in [-0.3, -0.25) is 0 Å². The zero-order valence-electron chi connectivity index (χ0n) is 11.7. The molecule has 0 unspecified atom stereocenters. The molecule has 0 bridgehead atoms. The second kappa shape index (κ2) is 6.20. The first kappa shape index (κ1) is 15.2. The smallest absolute Gasteiger partial charge is 0.0641 e. The summed E-state index contributed by atoms with van der Waals surface area (Å²) in [6, 6.07) is 12.9. The Morgan fingerprint density at radius 2 is 1.86 bits per heavy atom. The van der Waals surface area contributed by atoms with Gasteiger partial charge in [0.1, 0.15) is 0 Å². The fourth-order valence-electron chi connectivity index (χ4n) is 2.75. The molecule has 0 radical (unpaired) electrons. The molecule has 2 aromatic rings. The average molecular weight is 385 g/mol. The second-order valence-electron chi connectivity index (χ2n) is 5.65. The van der Waals surface area contributed by atoms with Crippen LogP contribution < -0.4 is 5.32 Å². The Morgan fingerprint density at radius 1 is 1.10 bits per heavy atom. The predicted octanol–water partition coefficient (Wildman–Crippen LogP) is 6.42. The molecule has 1 aliphatic rings. The van der Waals surface area contributed by atoms with Crippen molar-refractivity contribution in [2.24, 2.45) is 0 Å². The van der Waals surface area contributed by atoms with Crippen LogP contribution in [0.4, 0.5) is 5.69 Å². The van der Waals surface area contributed by atoms with Gasteiger partial charge in [0, 0.05) is 15.5 Å². The molecule has 0 atom stereocenters. The standard InChI is InChI=1S/C17H16BrCl2N/c1-10-5-16(20)17(9-15(10)19)21-14-7-12(8-14)11-3-2-4-13(18)6-11/h2-6,9,12,14,21H,7-8H2,1H3. The average Bonchev–Trinajstić information content (AvgIpc) is 2.39. The molecule has 1 N–H and O–H groups in total. The number of hydrogen-bond acceptors (Lipinski definition) is 1. The van der Waals surface area contributed by atoms with E-state index in [1.54, 1.807) is 0 Å². The Morgan fingerprint density at radius 3 is 2.57 bits per heavy atom. The zero-order valence-corrected chi connectivity index (χ0v) is 14.8. The van der Waals surface area contributed by atoms with Crippen molar-refractivity contribution >= 4 is 44.8 Å². The summed E-state index contributed by atoms with van der Waals surface area (Å²) in [7, 11) is 0. The van der Waals surface area contributed by atoms with Crippen molar-refractivity contribution in [3.8, 4) is 0 Å². The summed E-state index contributed by atoms with van der Waals surface area (Å²) in [4.78, 5) is 0. The topological polar surface area (TPSA) is 12.0 Å². The summed E-state index contributed by atoms with van der Waals surface area (Å²) >= 11 is 16.0. The van der Waals surface area contributed by atoms with Gasteiger partial charge in [-0.15, -0.1) is 0 Å². The van der Waals surface area contributed by atoms with Gasteiger partial charge in [-0.25, -0.2) is 0 Å². The summed E-state index contributed by atoms with van der Waals surface area (Å²) in [5.41, 5.74) is 3.34. The number of benzene rings is 2. The van der Waals surface area contributed by atoms with E-state index in [1.807, 2.05) is 19.1 Å². The van der Waals surface area contributed by atoms with E-state index in [2.05, 4.69) is 45.5 Å². The zero-order chi connectivity index (χ0) is 15.0. The first-order valence-electron chi connectivity index (χ1n) is 7.00. The van der Waals surface area contributed by atoms with E-state index in [0.29, 0.717) is 12.0 Å². The largest absolute Gasteiger partial charge is 0.381 e. The van der Waals surface area contributed by atoms with Crippen molar-refractivity contribution in [1.29, 1.82) is 0 Å². The fraction of sp³-hybridized carbons (Fsp3) is 0.294. The number of nitrogens with one attached hydrogen (secondary N) is 1. The molecular formula is C17H16BrCl2N. The highest BCUT2D eigenvalue weighted by Crippen LogP contribution is 2.40. The van der Waals surface area contributed by atoms with E-state index in [1.165, 1.54) is 5.56 Å². The van der Waals surface area contributed by atoms with Crippen LogP contribution in [0, 0.1) is 6.92 Å². The van der Waals surface area contributed by atoms with Crippen LogP contribution >= 0.6 is 39.1 Å². The van der Waals surface area contributed by atoms with Gasteiger partial charge in [0.25, 0.3) is 0 Å². The maximum atomic E-state index is 6.27. The highest BCUT2D eigenvalue weighted by Gasteiger charge is 2.30. The van der Waals surface area contributed by atoms with Crippen LogP contribution in [0.3, 0.4) is 0 Å². The minimum atomic E-state index is 0.463. The van der Waals surface area contributed by atoms with Crippen LogP contribution in [0.1, 0.15) is 29.9 Å². The van der Waals surface area contributed by atoms with Crippen LogP contribution in [0.15, 0.2) is 40.9 Å². The molecule has 110 valence electrons. The van der Waals surface area contributed by atoms with E-state index in [0.717, 1.165) is 38.6 Å². The maximum Gasteiger partial charge on any atom is 0.0641 e. The van der Waals surface area contributed by atoms with Crippen molar-refractivity contribution in [1.82, 2.24) is 0 Å². The van der Waals surface area contributed by atoms with Gasteiger partial charge >= 0.3 is 0 Å². The van der Waals surface area contributed by atoms with Gasteiger partial charge in [0.05, 0.1) is 10.7 Å². The molecule has 3 rings (SSSR count). The van der Waals surface area contributed by atoms with Crippen molar-refractivity contribution in [2.45, 2.75) is 31.7 Å². The molecule has 0 spiro atoms. The van der Waals surface area contributed by atoms with Crippen molar-refractivity contribution in [3.05, 3.63) is 62.0 Å². The van der Waals surface area contributed by atoms with Crippen molar-refractivity contribution in [3.63, 3.8) is 0 Å². The summed E-state index contributed by atoms with van der Waals surface area (Å²) in [6.07, 6.45) is 2.25. The molecule has 1 fully saturated rings. The van der Waals surface area contributed by atoms with Gasteiger partial charge in [-0.05, 0) is 61.1 Å². The molecule has 0 heterocycles. The summed E-state index contributed by atoms with van der Waals surface area (Å²) in [5.74, 6) is 0.625. The molecule has 1 aliphatic carbocycles. The van der Waals surface area contributed by atoms with Gasteiger partial charge < -0.3 is 5.32 Å². The third-order valence-electron chi connectivity index (χ3n) is 4.07. The first-order chi connectivity index (χ1) is 10.0. The highest BCUT2D eigenvalue weighted by atomic mass is 79.9. The monoisotopic (exact) mass is 383 g/mol. The summed E-state index contributed by atoms with van der Waals surface area (Å²) < 4.78 is 1.14. The van der Waals surface area contributed by atoms with E-state index in [9.17, 15) is 0 Å². The lowest BCUT2D eigenvalue weighted by Crippen LogP contribution is -2.34. The number of aryl methyl sites for hydroxylation is 1. The van der Waals surface area contributed by atoms with Gasteiger partial charge in [-0.2, -0.15) is 0 Å². The third kappa shape index (κ3) is 3.39. The first-order valence-corrected chi connectivity index (χ1v) is 8.55. The lowest BCUT2D eigenvalue weighted by Gasteiger charge is -2.37. The molecule has 0 saturated heterocycles. The molecular weight excluding hydrogens is 369 g/mol. The number of rotatable bonds is 3. The molecule has 1 saturated carbocycles. The molecule has 0 amide bonds. The van der Waals surface area contributed by atoms with E-state index in [-0.39, 0.29) is 0 Å². The number of hydrogen-bond donors (Lipinski definition) is 1. The number of halogens is 3. The van der Waals surface area contributed by atoms with Crippen LogP contribution in [0.25, 0.3) is 0 Å². The van der Waals surface area contributed by atoms with Crippen molar-refractivity contribution < 1.29 is 0 Å². The predicted molar refractivity (Wildman–Crippen MR) is 94.7 cm³/mol. The summed E-state index contributed by atoms with van der Waals surface area (Å²) in [6.45, 7) is 1.96. The minimum Gasteiger partial charge on any atom is -0.381 e. The van der Waals surface area contributed by atoms with Gasteiger partial charge in [0.2, 0.25) is 0 Å². The van der Waals surface area contributed by atoms with E-state index >= 15 is 0 Å². The SMILES string of the molecule is Cc1cc(Cl)c(NC2CC(c3cccc(Br)c3)C2)cc1Cl. The van der Waals surface area contributed by atoms with Crippen LogP contribution in [0.2, 0.25) is 10.0 Å². The van der Waals surface area contributed by atoms with Gasteiger partial charge in [-0.1, -0.05) is 51.3 Å². The van der Waals surface area contributed by atoms with Crippen molar-refractivity contribution in [2.75, 3.05) is 5.32 Å². The van der Waals surface area contributed by atoms with Crippen LogP contribution in [0.5, 0.6) is 0 Å². The molecule has 4 heteroatoms. The quantitative estimate of drug-likeness (QED) is 0.643. The molecule has 0 aliphatic heterocycles. The third-order valence-corrected chi connectivity index (χ3v) is 5.28. The Hall–Kier alpha value is -0.700. The summed E-state index contributed by atoms with van der Waals surface area (Å²) in [5, 5.41) is 4.99. The molecule has 0 aromatic heterocycles. The molecule has 2 aromatic carbocycles. The highest BCUT2D eigenvalue weighted by molar-refractivity contribution is 9.10. The lowest BCUT2D eigenvalue weighted by molar-refractivity contribution is 0.374. The fourth-order valence-corrected chi connectivity index (χ4v) is 3.60. The second-order valence-corrected chi connectivity index (χ2v) is 7.38. The van der Waals surface area contributed by atoms with E-state index < -0.39 is 0 Å². The molecule has 21 heavy (non-hydrogen) atoms. The Bertz CT molecular complexity index is 666. The Balaban J connectivity index is 1.64. The Labute approximate surface area is 143 Å². The van der Waals surface area contributed by atoms with Crippen LogP contribution in [-0.4, -0.2) is 6.04 Å². The number of anilines is 1. The Kier molecular flexibility index (Phi) is 4.49. The minimum absolute atomic E-state index is 0.463. The van der Waals surface area contributed by atoms with E-state index in [4.69, 9.17) is 23.2 Å².